The van der Waals surface area contributed by atoms with E-state index in [1.165, 1.54) is 11.5 Å². The number of halogens is 1. The molecule has 7 heteroatoms. The van der Waals surface area contributed by atoms with Crippen molar-refractivity contribution in [1.29, 1.82) is 0 Å². The van der Waals surface area contributed by atoms with Crippen LogP contribution in [-0.2, 0) is 11.3 Å². The van der Waals surface area contributed by atoms with Gasteiger partial charge < -0.3 is 9.84 Å². The lowest BCUT2D eigenvalue weighted by Crippen LogP contribution is -2.48. The molecule has 16 heavy (non-hydrogen) atoms. The van der Waals surface area contributed by atoms with Crippen molar-refractivity contribution < 1.29 is 9.84 Å². The van der Waals surface area contributed by atoms with Gasteiger partial charge in [0.05, 0.1) is 19.3 Å². The molecule has 0 aromatic carbocycles. The summed E-state index contributed by atoms with van der Waals surface area (Å²) < 4.78 is 9.90. The van der Waals surface area contributed by atoms with Crippen LogP contribution in [-0.4, -0.2) is 51.5 Å². The van der Waals surface area contributed by atoms with Gasteiger partial charge in [-0.2, -0.15) is 0 Å². The van der Waals surface area contributed by atoms with Crippen LogP contribution in [0.4, 0.5) is 0 Å². The number of aliphatic hydroxyl groups excluding tert-OH is 1. The minimum atomic E-state index is -0.110. The van der Waals surface area contributed by atoms with Crippen LogP contribution in [0.3, 0.4) is 0 Å². The lowest BCUT2D eigenvalue weighted by atomic mass is 10.2. The number of rotatable bonds is 3. The molecule has 2 unspecified atom stereocenters. The first-order chi connectivity index (χ1) is 7.70. The highest BCUT2D eigenvalue weighted by Gasteiger charge is 2.26. The topological polar surface area (TPSA) is 58.5 Å². The predicted molar refractivity (Wildman–Crippen MR) is 61.6 cm³/mol. The zero-order valence-corrected chi connectivity index (χ0v) is 10.5. The molecule has 1 aliphatic rings. The number of hydrogen-bond acceptors (Lipinski definition) is 6. The number of ether oxygens (including phenoxy) is 1. The summed E-state index contributed by atoms with van der Waals surface area (Å²) in [5.74, 6) is 0. The van der Waals surface area contributed by atoms with E-state index >= 15 is 0 Å². The summed E-state index contributed by atoms with van der Waals surface area (Å²) >= 11 is 7.16. The fraction of sp³-hybridized carbons (Fsp3) is 0.778. The summed E-state index contributed by atoms with van der Waals surface area (Å²) in [6.45, 7) is 4.12. The molecule has 2 heterocycles. The summed E-state index contributed by atoms with van der Waals surface area (Å²) in [5, 5.41) is 13.1. The summed E-state index contributed by atoms with van der Waals surface area (Å²) in [4.78, 5) is 2.20. The van der Waals surface area contributed by atoms with E-state index in [9.17, 15) is 0 Å². The second-order valence-corrected chi connectivity index (χ2v) is 5.27. The Morgan fingerprint density at radius 2 is 2.50 bits per heavy atom. The van der Waals surface area contributed by atoms with Gasteiger partial charge in [-0.1, -0.05) is 16.1 Å². The molecular weight excluding hydrogens is 250 g/mol. The quantitative estimate of drug-likeness (QED) is 0.873. The van der Waals surface area contributed by atoms with Gasteiger partial charge in [-0.25, -0.2) is 0 Å². The molecule has 2 atom stereocenters. The van der Waals surface area contributed by atoms with Crippen molar-refractivity contribution in [2.75, 3.05) is 19.8 Å². The third kappa shape index (κ3) is 2.70. The molecule has 1 aromatic heterocycles. The average Bonchev–Trinajstić information content (AvgIpc) is 2.68. The number of aromatic nitrogens is 2. The molecular formula is C9H14ClN3O2S. The molecule has 5 nitrogen and oxygen atoms in total. The SMILES string of the molecule is CC1COC(CO)CN1Cc1nnsc1Cl. The van der Waals surface area contributed by atoms with E-state index in [1.807, 2.05) is 0 Å². The number of aliphatic hydroxyl groups is 1. The Bertz CT molecular complexity index is 349. The molecule has 0 saturated carbocycles. The molecule has 1 aliphatic heterocycles. The molecule has 1 N–H and O–H groups in total. The standard InChI is InChI=1S/C9H14ClN3O2S/c1-6-5-15-7(4-14)2-13(6)3-8-9(10)16-12-11-8/h6-7,14H,2-5H2,1H3. The summed E-state index contributed by atoms with van der Waals surface area (Å²) in [7, 11) is 0. The van der Waals surface area contributed by atoms with Crippen LogP contribution < -0.4 is 0 Å². The van der Waals surface area contributed by atoms with Gasteiger partial charge in [0.15, 0.2) is 0 Å². The van der Waals surface area contributed by atoms with Crippen molar-refractivity contribution in [3.63, 3.8) is 0 Å². The minimum Gasteiger partial charge on any atom is -0.394 e. The third-order valence-corrected chi connectivity index (χ3v) is 3.68. The van der Waals surface area contributed by atoms with Crippen molar-refractivity contribution in [1.82, 2.24) is 14.5 Å². The van der Waals surface area contributed by atoms with E-state index in [-0.39, 0.29) is 12.7 Å². The molecule has 1 saturated heterocycles. The Labute approximate surface area is 103 Å². The Morgan fingerprint density at radius 1 is 1.69 bits per heavy atom. The lowest BCUT2D eigenvalue weighted by Gasteiger charge is -2.36. The maximum atomic E-state index is 9.07. The first-order valence-electron chi connectivity index (χ1n) is 5.14. The summed E-state index contributed by atoms with van der Waals surface area (Å²) in [6, 6.07) is 0.306. The minimum absolute atomic E-state index is 0.0479. The Morgan fingerprint density at radius 3 is 3.12 bits per heavy atom. The van der Waals surface area contributed by atoms with Crippen LogP contribution in [0.25, 0.3) is 0 Å². The Kier molecular flexibility index (Phi) is 4.10. The smallest absolute Gasteiger partial charge is 0.138 e. The van der Waals surface area contributed by atoms with Gasteiger partial charge in [-0.15, -0.1) is 5.10 Å². The molecule has 1 fully saturated rings. The zero-order valence-electron chi connectivity index (χ0n) is 8.97. The van der Waals surface area contributed by atoms with Gasteiger partial charge in [0.25, 0.3) is 0 Å². The van der Waals surface area contributed by atoms with E-state index in [0.29, 0.717) is 30.1 Å². The van der Waals surface area contributed by atoms with Crippen molar-refractivity contribution in [2.45, 2.75) is 25.6 Å². The van der Waals surface area contributed by atoms with E-state index < -0.39 is 0 Å². The fourth-order valence-corrected chi connectivity index (χ4v) is 2.30. The van der Waals surface area contributed by atoms with Gasteiger partial charge in [-0.3, -0.25) is 4.90 Å². The maximum absolute atomic E-state index is 9.07. The first kappa shape index (κ1) is 12.2. The van der Waals surface area contributed by atoms with Gasteiger partial charge in [0.1, 0.15) is 10.0 Å². The molecule has 0 aliphatic carbocycles. The van der Waals surface area contributed by atoms with Crippen molar-refractivity contribution in [3.8, 4) is 0 Å². The highest BCUT2D eigenvalue weighted by molar-refractivity contribution is 7.10. The normalized spacial score (nSPS) is 27.2. The van der Waals surface area contributed by atoms with E-state index in [1.54, 1.807) is 0 Å². The van der Waals surface area contributed by atoms with Gasteiger partial charge in [0, 0.05) is 30.7 Å². The van der Waals surface area contributed by atoms with E-state index in [0.717, 1.165) is 5.69 Å². The largest absolute Gasteiger partial charge is 0.394 e. The van der Waals surface area contributed by atoms with Gasteiger partial charge in [0.2, 0.25) is 0 Å². The van der Waals surface area contributed by atoms with Crippen molar-refractivity contribution in [2.24, 2.45) is 0 Å². The monoisotopic (exact) mass is 263 g/mol. The third-order valence-electron chi connectivity index (χ3n) is 2.70. The second-order valence-electron chi connectivity index (χ2n) is 3.91. The van der Waals surface area contributed by atoms with Crippen molar-refractivity contribution >= 4 is 23.1 Å². The van der Waals surface area contributed by atoms with Crippen LogP contribution in [0.2, 0.25) is 4.34 Å². The average molecular weight is 264 g/mol. The molecule has 0 spiro atoms. The molecule has 0 amide bonds. The zero-order chi connectivity index (χ0) is 11.5. The lowest BCUT2D eigenvalue weighted by molar-refractivity contribution is -0.0808. The van der Waals surface area contributed by atoms with Crippen LogP contribution in [0.15, 0.2) is 0 Å². The molecule has 1 aromatic rings. The van der Waals surface area contributed by atoms with E-state index in [4.69, 9.17) is 21.4 Å². The highest BCUT2D eigenvalue weighted by atomic mass is 35.5. The number of hydrogen-bond donors (Lipinski definition) is 1. The van der Waals surface area contributed by atoms with Gasteiger partial charge in [-0.05, 0) is 6.92 Å². The first-order valence-corrected chi connectivity index (χ1v) is 6.29. The Hall–Kier alpha value is -0.270. The molecule has 2 rings (SSSR count). The fourth-order valence-electron chi connectivity index (χ4n) is 1.69. The predicted octanol–water partition coefficient (Wildman–Crippen LogP) is 0.773. The summed E-state index contributed by atoms with van der Waals surface area (Å²) in [6.07, 6.45) is -0.110. The molecule has 0 radical (unpaired) electrons. The molecule has 90 valence electrons. The molecule has 0 bridgehead atoms. The summed E-state index contributed by atoms with van der Waals surface area (Å²) in [5.41, 5.74) is 0.803. The van der Waals surface area contributed by atoms with Crippen molar-refractivity contribution in [3.05, 3.63) is 10.0 Å². The second kappa shape index (κ2) is 5.37. The number of nitrogens with zero attached hydrogens (tertiary/aromatic N) is 3. The van der Waals surface area contributed by atoms with E-state index in [2.05, 4.69) is 21.4 Å². The van der Waals surface area contributed by atoms with Crippen LogP contribution in [0.5, 0.6) is 0 Å². The maximum Gasteiger partial charge on any atom is 0.138 e. The van der Waals surface area contributed by atoms with Gasteiger partial charge >= 0.3 is 0 Å². The Balaban J connectivity index is 1.99. The van der Waals surface area contributed by atoms with Crippen LogP contribution >= 0.6 is 23.1 Å². The van der Waals surface area contributed by atoms with Crippen LogP contribution in [0.1, 0.15) is 12.6 Å². The van der Waals surface area contributed by atoms with Crippen LogP contribution in [0, 0.1) is 0 Å². The highest BCUT2D eigenvalue weighted by Crippen LogP contribution is 2.21. The number of morpholine rings is 1.